The zero-order valence-corrected chi connectivity index (χ0v) is 33.4. The first-order valence-electron chi connectivity index (χ1n) is 20.4. The highest BCUT2D eigenvalue weighted by atomic mass is 31.2. The fourth-order valence-electron chi connectivity index (χ4n) is 6.02. The molecule has 9 heteroatoms. The fraction of sp³-hybridized carbons (Fsp3) is 0.974. The van der Waals surface area contributed by atoms with Crippen molar-refractivity contribution in [2.75, 3.05) is 40.9 Å². The minimum absolute atomic E-state index is 0.0763. The van der Waals surface area contributed by atoms with Crippen molar-refractivity contribution >= 4 is 13.7 Å². The molecule has 8 nitrogen and oxygen atoms in total. The molecular formula is C39H82N2O6P+. The molecule has 0 saturated heterocycles. The molecule has 0 radical (unpaired) electrons. The van der Waals surface area contributed by atoms with E-state index in [-0.39, 0.29) is 19.1 Å². The molecule has 0 aliphatic heterocycles. The van der Waals surface area contributed by atoms with E-state index >= 15 is 0 Å². The number of aliphatic hydroxyl groups is 1. The quantitative estimate of drug-likeness (QED) is 0.0338. The van der Waals surface area contributed by atoms with Gasteiger partial charge in [0.15, 0.2) is 0 Å². The molecule has 0 aromatic rings. The average molecular weight is 706 g/mol. The van der Waals surface area contributed by atoms with Gasteiger partial charge in [-0.05, 0) is 12.8 Å². The van der Waals surface area contributed by atoms with Gasteiger partial charge in [-0.3, -0.25) is 13.8 Å². The SMILES string of the molecule is CCCCCCCCCCCCCCCCCCCCCCCCCCC(O)C(COP(=O)(O)OCC[N+](C)(C)C)NC(=O)CCCC. The topological polar surface area (TPSA) is 105 Å². The third-order valence-electron chi connectivity index (χ3n) is 9.36. The number of quaternary nitrogens is 1. The number of aliphatic hydroxyl groups excluding tert-OH is 1. The lowest BCUT2D eigenvalue weighted by Gasteiger charge is -2.26. The zero-order chi connectivity index (χ0) is 35.8. The Morgan fingerprint density at radius 3 is 1.38 bits per heavy atom. The summed E-state index contributed by atoms with van der Waals surface area (Å²) in [6, 6.07) is -0.749. The van der Waals surface area contributed by atoms with E-state index in [9.17, 15) is 19.4 Å². The van der Waals surface area contributed by atoms with E-state index in [0.29, 0.717) is 23.9 Å². The van der Waals surface area contributed by atoms with Crippen molar-refractivity contribution in [2.45, 2.75) is 206 Å². The van der Waals surface area contributed by atoms with E-state index in [0.717, 1.165) is 32.1 Å². The van der Waals surface area contributed by atoms with Crippen molar-refractivity contribution in [3.8, 4) is 0 Å². The van der Waals surface area contributed by atoms with Crippen LogP contribution in [0.15, 0.2) is 0 Å². The van der Waals surface area contributed by atoms with Gasteiger partial charge in [0.2, 0.25) is 5.91 Å². The van der Waals surface area contributed by atoms with E-state index in [1.54, 1.807) is 0 Å². The van der Waals surface area contributed by atoms with Gasteiger partial charge >= 0.3 is 7.82 Å². The van der Waals surface area contributed by atoms with Gasteiger partial charge in [0.25, 0.3) is 0 Å². The molecule has 0 rings (SSSR count). The summed E-state index contributed by atoms with van der Waals surface area (Å²) in [5.74, 6) is -0.178. The predicted octanol–water partition coefficient (Wildman–Crippen LogP) is 10.6. The second-order valence-corrected chi connectivity index (χ2v) is 16.8. The van der Waals surface area contributed by atoms with Crippen LogP contribution in [-0.4, -0.2) is 73.4 Å². The van der Waals surface area contributed by atoms with Gasteiger partial charge < -0.3 is 19.8 Å². The Labute approximate surface area is 298 Å². The van der Waals surface area contributed by atoms with Gasteiger partial charge in [-0.25, -0.2) is 4.57 Å². The third kappa shape index (κ3) is 34.0. The van der Waals surface area contributed by atoms with Gasteiger partial charge in [-0.2, -0.15) is 0 Å². The molecule has 288 valence electrons. The van der Waals surface area contributed by atoms with Crippen molar-refractivity contribution in [2.24, 2.45) is 0 Å². The number of likely N-dealkylation sites (N-methyl/N-ethyl adjacent to an activating group) is 1. The number of carbonyl (C=O) groups is 1. The Hall–Kier alpha value is -0.500. The first-order chi connectivity index (χ1) is 23.0. The molecule has 0 aliphatic carbocycles. The second kappa shape index (κ2) is 32.4. The number of phosphoric ester groups is 1. The Morgan fingerprint density at radius 1 is 0.625 bits per heavy atom. The summed E-state index contributed by atoms with van der Waals surface area (Å²) in [7, 11) is 1.62. The van der Waals surface area contributed by atoms with Crippen molar-refractivity contribution < 1.29 is 32.9 Å². The summed E-state index contributed by atoms with van der Waals surface area (Å²) in [4.78, 5) is 22.5. The van der Waals surface area contributed by atoms with Crippen LogP contribution < -0.4 is 5.32 Å². The van der Waals surface area contributed by atoms with Gasteiger partial charge in [0.05, 0.1) is 39.9 Å². The predicted molar refractivity (Wildman–Crippen MR) is 203 cm³/mol. The van der Waals surface area contributed by atoms with Crippen LogP contribution in [0, 0.1) is 0 Å². The van der Waals surface area contributed by atoms with Crippen LogP contribution in [0.1, 0.15) is 194 Å². The number of hydrogen-bond donors (Lipinski definition) is 3. The molecule has 0 bridgehead atoms. The van der Waals surface area contributed by atoms with Crippen molar-refractivity contribution in [3.63, 3.8) is 0 Å². The summed E-state index contributed by atoms with van der Waals surface area (Å²) in [5, 5.41) is 13.6. The maximum Gasteiger partial charge on any atom is 0.472 e. The van der Waals surface area contributed by atoms with Crippen molar-refractivity contribution in [1.82, 2.24) is 5.32 Å². The van der Waals surface area contributed by atoms with Crippen LogP contribution in [0.4, 0.5) is 0 Å². The van der Waals surface area contributed by atoms with E-state index < -0.39 is 20.0 Å². The smallest absolute Gasteiger partial charge is 0.391 e. The molecule has 0 saturated carbocycles. The van der Waals surface area contributed by atoms with E-state index in [4.69, 9.17) is 9.05 Å². The number of amides is 1. The number of hydrogen-bond acceptors (Lipinski definition) is 5. The lowest BCUT2D eigenvalue weighted by Crippen LogP contribution is -2.46. The van der Waals surface area contributed by atoms with Crippen LogP contribution in [0.2, 0.25) is 0 Å². The number of unbranched alkanes of at least 4 members (excludes halogenated alkanes) is 24. The minimum Gasteiger partial charge on any atom is -0.391 e. The highest BCUT2D eigenvalue weighted by Gasteiger charge is 2.28. The summed E-state index contributed by atoms with van der Waals surface area (Å²) in [5.41, 5.74) is 0. The molecule has 0 aliphatic rings. The monoisotopic (exact) mass is 706 g/mol. The second-order valence-electron chi connectivity index (χ2n) is 15.4. The normalized spacial score (nSPS) is 14.6. The fourth-order valence-corrected chi connectivity index (χ4v) is 6.76. The first kappa shape index (κ1) is 47.5. The number of carbonyl (C=O) groups excluding carboxylic acids is 1. The minimum atomic E-state index is -4.28. The van der Waals surface area contributed by atoms with Crippen molar-refractivity contribution in [3.05, 3.63) is 0 Å². The Balaban J connectivity index is 3.86. The first-order valence-corrected chi connectivity index (χ1v) is 21.9. The van der Waals surface area contributed by atoms with Crippen LogP contribution in [-0.2, 0) is 18.4 Å². The summed E-state index contributed by atoms with van der Waals surface area (Å²) in [6.07, 6.45) is 33.9. The molecule has 0 fully saturated rings. The molecule has 0 spiro atoms. The maximum atomic E-state index is 12.4. The van der Waals surface area contributed by atoms with Gasteiger partial charge in [0, 0.05) is 6.42 Å². The number of rotatable bonds is 37. The highest BCUT2D eigenvalue weighted by Crippen LogP contribution is 2.43. The third-order valence-corrected chi connectivity index (χ3v) is 10.3. The van der Waals surface area contributed by atoms with Crippen molar-refractivity contribution in [1.29, 1.82) is 0 Å². The number of nitrogens with zero attached hydrogens (tertiary/aromatic N) is 1. The van der Waals surface area contributed by atoms with Gasteiger partial charge in [-0.1, -0.05) is 174 Å². The zero-order valence-electron chi connectivity index (χ0n) is 32.5. The molecule has 0 aromatic carbocycles. The Morgan fingerprint density at radius 2 is 1.00 bits per heavy atom. The number of phosphoric acid groups is 1. The summed E-state index contributed by atoms with van der Waals surface area (Å²) < 4.78 is 23.3. The summed E-state index contributed by atoms with van der Waals surface area (Å²) in [6.45, 7) is 4.66. The average Bonchev–Trinajstić information content (AvgIpc) is 3.03. The number of nitrogens with one attached hydrogen (secondary N) is 1. The van der Waals surface area contributed by atoms with E-state index in [1.165, 1.54) is 135 Å². The molecule has 0 heterocycles. The molecular weight excluding hydrogens is 623 g/mol. The largest absolute Gasteiger partial charge is 0.472 e. The molecule has 3 N–H and O–H groups in total. The lowest BCUT2D eigenvalue weighted by atomic mass is 10.0. The maximum absolute atomic E-state index is 12.4. The van der Waals surface area contributed by atoms with Gasteiger partial charge in [-0.15, -0.1) is 0 Å². The van der Waals surface area contributed by atoms with E-state index in [2.05, 4.69) is 12.2 Å². The Bertz CT molecular complexity index is 763. The molecule has 1 amide bonds. The lowest BCUT2D eigenvalue weighted by molar-refractivity contribution is -0.870. The van der Waals surface area contributed by atoms with Crippen LogP contribution in [0.25, 0.3) is 0 Å². The molecule has 3 atom stereocenters. The molecule has 3 unspecified atom stereocenters. The van der Waals surface area contributed by atoms with Crippen LogP contribution in [0.3, 0.4) is 0 Å². The van der Waals surface area contributed by atoms with Crippen LogP contribution in [0.5, 0.6) is 0 Å². The highest BCUT2D eigenvalue weighted by molar-refractivity contribution is 7.47. The van der Waals surface area contributed by atoms with Gasteiger partial charge in [0.1, 0.15) is 13.2 Å². The standard InChI is InChI=1S/C39H81N2O6P/c1-6-8-10-11-12-13-14-15-16-17-18-19-20-21-22-23-24-25-26-27-28-29-30-31-32-38(42)37(40-39(43)33-9-7-2)36-47-48(44,45)46-35-34-41(3,4)5/h37-38,42H,6-36H2,1-5H3,(H-,40,43,44,45)/p+1. The van der Waals surface area contributed by atoms with Crippen LogP contribution >= 0.6 is 7.82 Å². The van der Waals surface area contributed by atoms with E-state index in [1.807, 2.05) is 28.1 Å². The molecule has 48 heavy (non-hydrogen) atoms. The summed E-state index contributed by atoms with van der Waals surface area (Å²) >= 11 is 0. The Kier molecular flexibility index (Phi) is 32.1. The molecule has 0 aromatic heterocycles.